The summed E-state index contributed by atoms with van der Waals surface area (Å²) in [5.41, 5.74) is 1.50. The molecule has 0 unspecified atom stereocenters. The van der Waals surface area contributed by atoms with E-state index < -0.39 is 11.7 Å². The highest BCUT2D eigenvalue weighted by Crippen LogP contribution is 2.30. The minimum Gasteiger partial charge on any atom is -0.379 e. The van der Waals surface area contributed by atoms with Crippen LogP contribution in [0, 0.1) is 5.82 Å². The summed E-state index contributed by atoms with van der Waals surface area (Å²) < 4.78 is 15.6. The van der Waals surface area contributed by atoms with Crippen LogP contribution in [0.15, 0.2) is 30.7 Å². The Morgan fingerprint density at radius 2 is 1.77 bits per heavy atom. The number of rotatable bonds is 11. The third-order valence-electron chi connectivity index (χ3n) is 8.13. The number of amides is 4. The number of hydrogen-bond donors (Lipinski definition) is 5. The Bertz CT molecular complexity index is 1480. The maximum Gasteiger partial charge on any atom is 0.315 e. The smallest absolute Gasteiger partial charge is 0.315 e. The lowest BCUT2D eigenvalue weighted by atomic mass is 9.91. The molecule has 14 heteroatoms. The lowest BCUT2D eigenvalue weighted by Crippen LogP contribution is -2.45. The van der Waals surface area contributed by atoms with Crippen molar-refractivity contribution in [2.75, 3.05) is 35.6 Å². The molecule has 5 N–H and O–H groups in total. The molecule has 2 saturated carbocycles. The Kier molecular flexibility index (Phi) is 8.52. The highest BCUT2D eigenvalue weighted by molar-refractivity contribution is 6.03. The summed E-state index contributed by atoms with van der Waals surface area (Å²) in [5, 5.41) is 20.2. The van der Waals surface area contributed by atoms with Gasteiger partial charge in [0.25, 0.3) is 5.91 Å². The Labute approximate surface area is 248 Å². The second-order valence-electron chi connectivity index (χ2n) is 11.5. The molecule has 3 aliphatic rings. The van der Waals surface area contributed by atoms with E-state index >= 15 is 0 Å². The summed E-state index contributed by atoms with van der Waals surface area (Å²) in [7, 11) is 0. The molecular weight excluding hydrogens is 555 g/mol. The van der Waals surface area contributed by atoms with Crippen LogP contribution in [0.25, 0.3) is 5.65 Å². The zero-order chi connectivity index (χ0) is 29.8. The van der Waals surface area contributed by atoms with Crippen LogP contribution in [0.2, 0.25) is 0 Å². The number of nitrogens with one attached hydrogen (secondary N) is 5. The maximum absolute atomic E-state index is 14.1. The lowest BCUT2D eigenvalue weighted by molar-refractivity contribution is -0.127. The van der Waals surface area contributed by atoms with Gasteiger partial charge in [-0.1, -0.05) is 0 Å². The Hall–Kier alpha value is -4.49. The predicted octanol–water partition coefficient (Wildman–Crippen LogP) is 3.12. The molecule has 6 rings (SSSR count). The average Bonchev–Trinajstić information content (AvgIpc) is 3.55. The van der Waals surface area contributed by atoms with Gasteiger partial charge in [-0.25, -0.2) is 18.7 Å². The van der Waals surface area contributed by atoms with Gasteiger partial charge in [0.05, 0.1) is 23.8 Å². The molecule has 3 fully saturated rings. The number of nitrogens with zero attached hydrogens (tertiary/aromatic N) is 5. The molecule has 3 aromatic heterocycles. The first kappa shape index (κ1) is 28.6. The summed E-state index contributed by atoms with van der Waals surface area (Å²) in [6.07, 6.45) is 11.6. The van der Waals surface area contributed by atoms with Crippen LogP contribution < -0.4 is 26.6 Å². The maximum atomic E-state index is 14.1. The van der Waals surface area contributed by atoms with Crippen LogP contribution in [0.5, 0.6) is 0 Å². The summed E-state index contributed by atoms with van der Waals surface area (Å²) in [4.78, 5) is 47.2. The number of carbonyl (C=O) groups excluding carboxylic acids is 3. The van der Waals surface area contributed by atoms with E-state index in [-0.39, 0.29) is 35.4 Å². The van der Waals surface area contributed by atoms with Gasteiger partial charge in [0.1, 0.15) is 5.82 Å². The molecule has 1 aliphatic heterocycles. The monoisotopic (exact) mass is 592 g/mol. The Balaban J connectivity index is 1.04. The zero-order valence-electron chi connectivity index (χ0n) is 23.9. The van der Waals surface area contributed by atoms with E-state index in [1.807, 2.05) is 11.0 Å². The standard InChI is InChI=1S/C29H37FN10O3/c30-21-16-31-12-10-22(21)37-28(42)24-17-33-27-23(34-18-4-5-18)15-25(38-40(24)27)35-19-6-8-20(9-7-19)36-29(43)32-11-2-14-39-13-1-3-26(39)41/h10,12,15-20,34H,1-9,11,13-14H2,(H,35,38)(H,31,37,42)(H2,32,36,43)/t19-,20-. The number of anilines is 3. The Morgan fingerprint density at radius 1 is 1.00 bits per heavy atom. The van der Waals surface area contributed by atoms with Crippen molar-refractivity contribution in [2.45, 2.75) is 75.9 Å². The number of urea groups is 1. The zero-order valence-corrected chi connectivity index (χ0v) is 23.9. The van der Waals surface area contributed by atoms with Crippen molar-refractivity contribution >= 4 is 40.7 Å². The summed E-state index contributed by atoms with van der Waals surface area (Å²) in [5.74, 6) is -0.361. The Morgan fingerprint density at radius 3 is 2.51 bits per heavy atom. The van der Waals surface area contributed by atoms with Crippen LogP contribution in [0.3, 0.4) is 0 Å². The predicted molar refractivity (Wildman–Crippen MR) is 158 cm³/mol. The highest BCUT2D eigenvalue weighted by atomic mass is 19.1. The number of carbonyl (C=O) groups is 3. The van der Waals surface area contributed by atoms with Gasteiger partial charge >= 0.3 is 6.03 Å². The third kappa shape index (κ3) is 7.12. The molecule has 0 atom stereocenters. The molecule has 0 radical (unpaired) electrons. The normalized spacial score (nSPS) is 20.2. The first-order chi connectivity index (χ1) is 20.9. The summed E-state index contributed by atoms with van der Waals surface area (Å²) >= 11 is 0. The molecule has 43 heavy (non-hydrogen) atoms. The molecule has 0 spiro atoms. The first-order valence-corrected chi connectivity index (χ1v) is 15.1. The largest absolute Gasteiger partial charge is 0.379 e. The van der Waals surface area contributed by atoms with E-state index in [0.717, 1.165) is 69.8 Å². The van der Waals surface area contributed by atoms with Crippen molar-refractivity contribution in [3.05, 3.63) is 42.2 Å². The van der Waals surface area contributed by atoms with E-state index in [0.29, 0.717) is 37.0 Å². The fourth-order valence-corrected chi connectivity index (χ4v) is 5.65. The van der Waals surface area contributed by atoms with E-state index in [9.17, 15) is 18.8 Å². The SMILES string of the molecule is O=C(NCCCN1CCCC1=O)N[C@H]1CC[C@H](Nc2cc(NC3CC3)c3ncc(C(=O)Nc4ccncc4F)n3n2)CC1. The van der Waals surface area contributed by atoms with Gasteiger partial charge in [0, 0.05) is 56.4 Å². The number of aromatic nitrogens is 4. The molecule has 0 aromatic carbocycles. The number of halogens is 1. The first-order valence-electron chi connectivity index (χ1n) is 15.1. The van der Waals surface area contributed by atoms with E-state index in [2.05, 4.69) is 41.7 Å². The fraction of sp³-hybridized carbons (Fsp3) is 0.517. The molecule has 0 bridgehead atoms. The quantitative estimate of drug-likeness (QED) is 0.213. The van der Waals surface area contributed by atoms with Gasteiger partial charge in [-0.2, -0.15) is 0 Å². The second-order valence-corrected chi connectivity index (χ2v) is 11.5. The molecule has 13 nitrogen and oxygen atoms in total. The van der Waals surface area contributed by atoms with Crippen molar-refractivity contribution in [1.29, 1.82) is 0 Å². The van der Waals surface area contributed by atoms with Gasteiger partial charge in [0.15, 0.2) is 17.2 Å². The van der Waals surface area contributed by atoms with Crippen LogP contribution >= 0.6 is 0 Å². The van der Waals surface area contributed by atoms with Crippen molar-refractivity contribution in [3.63, 3.8) is 0 Å². The topological polar surface area (TPSA) is 158 Å². The molecule has 2 aliphatic carbocycles. The van der Waals surface area contributed by atoms with E-state index in [1.165, 1.54) is 23.0 Å². The lowest BCUT2D eigenvalue weighted by Gasteiger charge is -2.30. The van der Waals surface area contributed by atoms with Gasteiger partial charge in [-0.05, 0) is 57.4 Å². The summed E-state index contributed by atoms with van der Waals surface area (Å²) in [6.45, 7) is 2.03. The van der Waals surface area contributed by atoms with E-state index in [4.69, 9.17) is 0 Å². The van der Waals surface area contributed by atoms with Crippen LogP contribution in [0.4, 0.5) is 26.4 Å². The van der Waals surface area contributed by atoms with Crippen molar-refractivity contribution in [3.8, 4) is 0 Å². The molecule has 4 amide bonds. The van der Waals surface area contributed by atoms with Gasteiger partial charge in [-0.3, -0.25) is 14.6 Å². The second kappa shape index (κ2) is 12.8. The average molecular weight is 593 g/mol. The minimum absolute atomic E-state index is 0.0261. The molecule has 228 valence electrons. The van der Waals surface area contributed by atoms with Crippen molar-refractivity contribution in [2.24, 2.45) is 0 Å². The van der Waals surface area contributed by atoms with Gasteiger partial charge in [-0.15, -0.1) is 5.10 Å². The molecule has 1 saturated heterocycles. The highest BCUT2D eigenvalue weighted by Gasteiger charge is 2.27. The third-order valence-corrected chi connectivity index (χ3v) is 8.13. The molecule has 4 heterocycles. The number of pyridine rings is 1. The minimum atomic E-state index is -0.631. The van der Waals surface area contributed by atoms with E-state index in [1.54, 1.807) is 0 Å². The van der Waals surface area contributed by atoms with Crippen molar-refractivity contribution < 1.29 is 18.8 Å². The van der Waals surface area contributed by atoms with Crippen molar-refractivity contribution in [1.82, 2.24) is 35.1 Å². The van der Waals surface area contributed by atoms with Gasteiger partial charge in [0.2, 0.25) is 5.91 Å². The van der Waals surface area contributed by atoms with Crippen LogP contribution in [0.1, 0.15) is 68.3 Å². The number of fused-ring (bicyclic) bond motifs is 1. The van der Waals surface area contributed by atoms with Crippen LogP contribution in [-0.2, 0) is 4.79 Å². The van der Waals surface area contributed by atoms with Crippen LogP contribution in [-0.4, -0.2) is 80.1 Å². The number of imidazole rings is 1. The summed E-state index contributed by atoms with van der Waals surface area (Å²) in [6, 6.07) is 3.71. The molecular formula is C29H37FN10O3. The van der Waals surface area contributed by atoms with Gasteiger partial charge < -0.3 is 31.5 Å². The number of hydrogen-bond acceptors (Lipinski definition) is 8. The molecule has 3 aromatic rings. The fourth-order valence-electron chi connectivity index (χ4n) is 5.65. The number of likely N-dealkylation sites (tertiary alicyclic amines) is 1.